The van der Waals surface area contributed by atoms with Crippen LogP contribution in [-0.4, -0.2) is 5.97 Å². The van der Waals surface area contributed by atoms with Gasteiger partial charge in [-0.2, -0.15) is 0 Å². The predicted molar refractivity (Wildman–Crippen MR) is 22.6 cm³/mol. The van der Waals surface area contributed by atoms with Gasteiger partial charge < -0.3 is 9.90 Å². The Morgan fingerprint density at radius 3 is 1.86 bits per heavy atom. The Labute approximate surface area is 59.2 Å². The van der Waals surface area contributed by atoms with Crippen molar-refractivity contribution in [3.8, 4) is 0 Å². The monoisotopic (exact) mass is 214 g/mol. The molecule has 0 radical (unpaired) electrons. The lowest BCUT2D eigenvalue weighted by atomic mass is 10.4. The number of hydrogen-bond acceptors (Lipinski definition) is 2. The first-order valence-corrected chi connectivity index (χ1v) is 1.51. The maximum absolute atomic E-state index is 9.49. The van der Waals surface area contributed by atoms with Crippen LogP contribution in [-0.2, 0) is 4.79 Å². The molecule has 0 heterocycles. The van der Waals surface area contributed by atoms with Crippen molar-refractivity contribution in [3.63, 3.8) is 0 Å². The van der Waals surface area contributed by atoms with E-state index in [1.807, 2.05) is 0 Å². The second-order valence-electron chi connectivity index (χ2n) is 1.07. The van der Waals surface area contributed by atoms with Gasteiger partial charge in [0.2, 0.25) is 24.0 Å². The molecule has 0 atom stereocenters. The Morgan fingerprint density at radius 1 is 1.71 bits per heavy atom. The molecule has 0 aliphatic carbocycles. The third-order valence-electron chi connectivity index (χ3n) is 0.348. The van der Waals surface area contributed by atoms with Crippen LogP contribution in [0.15, 0.2) is 12.2 Å². The van der Waals surface area contributed by atoms with Crippen LogP contribution in [0.4, 0.5) is 0 Å². The standard InChI is InChI=1S/C4H6O2.H2I/c1-3(2)4(5)6;/h1H2,2H3,(H,5,6);1H2/q;+1/p-1. The number of aliphatic carboxylic acids is 1. The van der Waals surface area contributed by atoms with E-state index in [-0.39, 0.29) is 29.5 Å². The molecule has 0 fully saturated rings. The van der Waals surface area contributed by atoms with Crippen molar-refractivity contribution in [2.45, 2.75) is 6.92 Å². The topological polar surface area (TPSA) is 40.1 Å². The number of hydrogen-bond donors (Lipinski definition) is 0. The van der Waals surface area contributed by atoms with Gasteiger partial charge in [0.15, 0.2) is 0 Å². The fourth-order valence-electron chi connectivity index (χ4n) is 0. The molecule has 0 spiro atoms. The summed E-state index contributed by atoms with van der Waals surface area (Å²) >= 11 is 0. The lowest BCUT2D eigenvalue weighted by Gasteiger charge is -1.93. The molecule has 0 saturated heterocycles. The summed E-state index contributed by atoms with van der Waals surface area (Å²) in [6.07, 6.45) is 0. The van der Waals surface area contributed by atoms with Crippen LogP contribution in [0.1, 0.15) is 6.92 Å². The van der Waals surface area contributed by atoms with Crippen LogP contribution in [0.25, 0.3) is 0 Å². The molecule has 2 nitrogen and oxygen atoms in total. The molecule has 42 valence electrons. The fraction of sp³-hybridized carbons (Fsp3) is 0.250. The molecule has 0 saturated carbocycles. The van der Waals surface area contributed by atoms with Crippen molar-refractivity contribution in [2.24, 2.45) is 0 Å². The molecule has 0 aromatic heterocycles. The minimum Gasteiger partial charge on any atom is -0.545 e. The predicted octanol–water partition coefficient (Wildman–Crippen LogP) is -4.22. The Balaban J connectivity index is 0. The average Bonchev–Trinajstić information content (AvgIpc) is 1.36. The van der Waals surface area contributed by atoms with Gasteiger partial charge in [0, 0.05) is 0 Å². The summed E-state index contributed by atoms with van der Waals surface area (Å²) in [5.74, 6) is -1.19. The van der Waals surface area contributed by atoms with Crippen molar-refractivity contribution < 1.29 is 33.9 Å². The van der Waals surface area contributed by atoms with Crippen LogP contribution in [0.5, 0.6) is 0 Å². The molecule has 0 rings (SSSR count). The smallest absolute Gasteiger partial charge is 0.235 e. The average molecular weight is 214 g/mol. The second kappa shape index (κ2) is 4.11. The van der Waals surface area contributed by atoms with Gasteiger partial charge >= 0.3 is 0 Å². The number of carboxylic acid groups (broad SMARTS) is 1. The first-order chi connectivity index (χ1) is 2.64. The SMILES string of the molecule is C=C(C)C(=O)[O-].[IH2+]. The fourth-order valence-corrected chi connectivity index (χ4v) is 0. The normalized spacial score (nSPS) is 6.43. The van der Waals surface area contributed by atoms with Gasteiger partial charge in [0.1, 0.15) is 0 Å². The number of carbonyl (C=O) groups excluding carboxylic acids is 1. The van der Waals surface area contributed by atoms with E-state index in [0.29, 0.717) is 0 Å². The van der Waals surface area contributed by atoms with Crippen LogP contribution < -0.4 is 29.1 Å². The van der Waals surface area contributed by atoms with Crippen molar-refractivity contribution >= 4 is 5.97 Å². The van der Waals surface area contributed by atoms with Crippen LogP contribution in [0.2, 0.25) is 0 Å². The van der Waals surface area contributed by atoms with Crippen molar-refractivity contribution in [2.75, 3.05) is 0 Å². The maximum atomic E-state index is 9.49. The summed E-state index contributed by atoms with van der Waals surface area (Å²) in [5, 5.41) is 9.49. The van der Waals surface area contributed by atoms with Crippen LogP contribution in [0.3, 0.4) is 0 Å². The van der Waals surface area contributed by atoms with E-state index in [1.54, 1.807) is 0 Å². The molecule has 0 aromatic carbocycles. The Morgan fingerprint density at radius 2 is 1.86 bits per heavy atom. The lowest BCUT2D eigenvalue weighted by molar-refractivity contribution is -0.299. The third kappa shape index (κ3) is 5.94. The molecule has 3 heteroatoms. The zero-order chi connectivity index (χ0) is 5.15. The summed E-state index contributed by atoms with van der Waals surface area (Å²) in [6.45, 7) is 4.48. The van der Waals surface area contributed by atoms with Gasteiger partial charge in [0.05, 0.1) is 5.97 Å². The lowest BCUT2D eigenvalue weighted by Crippen LogP contribution is -3.00. The minimum atomic E-state index is -1.19. The number of halogens is 1. The van der Waals surface area contributed by atoms with Crippen LogP contribution >= 0.6 is 0 Å². The first-order valence-electron chi connectivity index (χ1n) is 1.51. The van der Waals surface area contributed by atoms with E-state index >= 15 is 0 Å². The number of carboxylic acids is 1. The second-order valence-corrected chi connectivity index (χ2v) is 1.07. The quantitative estimate of drug-likeness (QED) is 0.328. The number of rotatable bonds is 1. The maximum Gasteiger partial charge on any atom is 0.235 e. The molecule has 0 bridgehead atoms. The van der Waals surface area contributed by atoms with Gasteiger partial charge in [-0.05, 0) is 12.5 Å². The summed E-state index contributed by atoms with van der Waals surface area (Å²) < 4.78 is 0. The highest BCUT2D eigenvalue weighted by Gasteiger charge is 1.76. The molecule has 0 amide bonds. The third-order valence-corrected chi connectivity index (χ3v) is 0.348. The van der Waals surface area contributed by atoms with E-state index in [0.717, 1.165) is 0 Å². The van der Waals surface area contributed by atoms with E-state index in [1.165, 1.54) is 6.92 Å². The first kappa shape index (κ1) is 10.0. The summed E-state index contributed by atoms with van der Waals surface area (Å²) in [7, 11) is 0. The molecular formula is C4H7IO2. The molecule has 7 heavy (non-hydrogen) atoms. The highest BCUT2D eigenvalue weighted by molar-refractivity contribution is 5.82. The van der Waals surface area contributed by atoms with Crippen LogP contribution in [0, 0.1) is 0 Å². The van der Waals surface area contributed by atoms with Crippen molar-refractivity contribution in [3.05, 3.63) is 12.2 Å². The zero-order valence-electron chi connectivity index (χ0n) is 3.97. The van der Waals surface area contributed by atoms with E-state index in [4.69, 9.17) is 0 Å². The Bertz CT molecular complexity index is 75.7. The molecule has 0 unspecified atom stereocenters. The molecule has 0 aromatic rings. The highest BCUT2D eigenvalue weighted by Crippen LogP contribution is 1.77. The Hall–Kier alpha value is -0.0600. The summed E-state index contributed by atoms with van der Waals surface area (Å²) in [6, 6.07) is 0. The van der Waals surface area contributed by atoms with E-state index in [9.17, 15) is 9.90 Å². The minimum absolute atomic E-state index is 0. The number of carbonyl (C=O) groups is 1. The Kier molecular flexibility index (Phi) is 5.89. The van der Waals surface area contributed by atoms with Gasteiger partial charge in [-0.25, -0.2) is 0 Å². The molecule has 0 aliphatic heterocycles. The summed E-state index contributed by atoms with van der Waals surface area (Å²) in [4.78, 5) is 9.49. The molecule has 0 aliphatic rings. The summed E-state index contributed by atoms with van der Waals surface area (Å²) in [5.41, 5.74) is 0.0648. The zero-order valence-corrected chi connectivity index (χ0v) is 6.52. The molecular weight excluding hydrogens is 207 g/mol. The van der Waals surface area contributed by atoms with E-state index in [2.05, 4.69) is 6.58 Å². The van der Waals surface area contributed by atoms with Crippen molar-refractivity contribution in [1.29, 1.82) is 0 Å². The van der Waals surface area contributed by atoms with Gasteiger partial charge in [-0.3, -0.25) is 0 Å². The highest BCUT2D eigenvalue weighted by atomic mass is 127. The van der Waals surface area contributed by atoms with Gasteiger partial charge in [0.25, 0.3) is 0 Å². The largest absolute Gasteiger partial charge is 0.545 e. The van der Waals surface area contributed by atoms with Gasteiger partial charge in [-0.1, -0.05) is 6.58 Å². The van der Waals surface area contributed by atoms with Crippen molar-refractivity contribution in [1.82, 2.24) is 0 Å². The van der Waals surface area contributed by atoms with Gasteiger partial charge in [-0.15, -0.1) is 0 Å². The van der Waals surface area contributed by atoms with E-state index < -0.39 is 5.97 Å². The molecule has 0 N–H and O–H groups in total.